The van der Waals surface area contributed by atoms with Gasteiger partial charge in [-0.1, -0.05) is 6.07 Å². The molecule has 8 heteroatoms. The Balaban J connectivity index is 2.29. The van der Waals surface area contributed by atoms with E-state index in [4.69, 9.17) is 14.6 Å². The normalized spacial score (nSPS) is 11.0. The van der Waals surface area contributed by atoms with Crippen LogP contribution in [0.1, 0.15) is 24.2 Å². The first-order valence-electron chi connectivity index (χ1n) is 7.69. The number of anilines is 1. The van der Waals surface area contributed by atoms with Gasteiger partial charge in [0.25, 0.3) is 5.91 Å². The van der Waals surface area contributed by atoms with Gasteiger partial charge < -0.3 is 14.8 Å². The van der Waals surface area contributed by atoms with E-state index in [2.05, 4.69) is 5.32 Å². The van der Waals surface area contributed by atoms with Crippen molar-refractivity contribution >= 4 is 21.6 Å². The zero-order valence-electron chi connectivity index (χ0n) is 14.0. The SMILES string of the molecule is CCOc1ccc(C(=O)Nc2cccc(S(N)(=O)=O)c2)c(OCC)c1. The molecule has 2 aromatic carbocycles. The molecule has 0 saturated carbocycles. The highest BCUT2D eigenvalue weighted by Crippen LogP contribution is 2.26. The van der Waals surface area contributed by atoms with Gasteiger partial charge in [-0.05, 0) is 44.2 Å². The zero-order valence-corrected chi connectivity index (χ0v) is 14.8. The number of hydrogen-bond acceptors (Lipinski definition) is 5. The Bertz CT molecular complexity index is 865. The highest BCUT2D eigenvalue weighted by Gasteiger charge is 2.15. The molecule has 0 aliphatic rings. The second-order valence-electron chi connectivity index (χ2n) is 5.05. The number of nitrogens with one attached hydrogen (secondary N) is 1. The van der Waals surface area contributed by atoms with Crippen LogP contribution in [-0.2, 0) is 10.0 Å². The molecule has 0 unspecified atom stereocenters. The number of sulfonamides is 1. The van der Waals surface area contributed by atoms with Gasteiger partial charge in [0.1, 0.15) is 11.5 Å². The molecule has 0 bridgehead atoms. The summed E-state index contributed by atoms with van der Waals surface area (Å²) < 4.78 is 33.7. The lowest BCUT2D eigenvalue weighted by Gasteiger charge is -2.13. The number of primary sulfonamides is 1. The van der Waals surface area contributed by atoms with Crippen LogP contribution in [-0.4, -0.2) is 27.5 Å². The predicted molar refractivity (Wildman–Crippen MR) is 94.5 cm³/mol. The van der Waals surface area contributed by atoms with Gasteiger partial charge in [0.15, 0.2) is 0 Å². The number of carbonyl (C=O) groups excluding carboxylic acids is 1. The maximum absolute atomic E-state index is 12.5. The average Bonchev–Trinajstić information content (AvgIpc) is 2.55. The van der Waals surface area contributed by atoms with Crippen molar-refractivity contribution in [2.24, 2.45) is 5.14 Å². The van der Waals surface area contributed by atoms with Gasteiger partial charge in [-0.2, -0.15) is 0 Å². The first-order chi connectivity index (χ1) is 11.8. The van der Waals surface area contributed by atoms with E-state index in [-0.39, 0.29) is 4.90 Å². The molecule has 0 aliphatic heterocycles. The molecule has 0 spiro atoms. The van der Waals surface area contributed by atoms with Crippen molar-refractivity contribution in [1.82, 2.24) is 0 Å². The van der Waals surface area contributed by atoms with Crippen LogP contribution in [0.3, 0.4) is 0 Å². The molecule has 2 rings (SSSR count). The minimum absolute atomic E-state index is 0.0815. The predicted octanol–water partition coefficient (Wildman–Crippen LogP) is 2.38. The third-order valence-corrected chi connectivity index (χ3v) is 4.14. The van der Waals surface area contributed by atoms with Crippen molar-refractivity contribution in [3.8, 4) is 11.5 Å². The fraction of sp³-hybridized carbons (Fsp3) is 0.235. The number of benzene rings is 2. The standard InChI is InChI=1S/C17H20N2O5S/c1-3-23-13-8-9-15(16(11-13)24-4-2)17(20)19-12-6-5-7-14(10-12)25(18,21)22/h5-11H,3-4H2,1-2H3,(H,19,20)(H2,18,21,22). The summed E-state index contributed by atoms with van der Waals surface area (Å²) in [6.45, 7) is 4.55. The minimum Gasteiger partial charge on any atom is -0.494 e. The smallest absolute Gasteiger partial charge is 0.259 e. The van der Waals surface area contributed by atoms with Gasteiger partial charge in [0.05, 0.1) is 23.7 Å². The Morgan fingerprint density at radius 1 is 1.08 bits per heavy atom. The van der Waals surface area contributed by atoms with Crippen molar-refractivity contribution in [2.45, 2.75) is 18.7 Å². The first-order valence-corrected chi connectivity index (χ1v) is 9.23. The number of rotatable bonds is 7. The van der Waals surface area contributed by atoms with E-state index in [1.807, 2.05) is 13.8 Å². The van der Waals surface area contributed by atoms with Crippen molar-refractivity contribution in [2.75, 3.05) is 18.5 Å². The van der Waals surface area contributed by atoms with Gasteiger partial charge in [-0.25, -0.2) is 13.6 Å². The summed E-state index contributed by atoms with van der Waals surface area (Å²) in [4.78, 5) is 12.4. The Morgan fingerprint density at radius 3 is 2.44 bits per heavy atom. The molecule has 3 N–H and O–H groups in total. The van der Waals surface area contributed by atoms with E-state index in [1.54, 1.807) is 24.3 Å². The van der Waals surface area contributed by atoms with Crippen LogP contribution in [0.25, 0.3) is 0 Å². The van der Waals surface area contributed by atoms with Crippen LogP contribution in [0.2, 0.25) is 0 Å². The zero-order chi connectivity index (χ0) is 18.4. The Labute approximate surface area is 146 Å². The van der Waals surface area contributed by atoms with E-state index in [0.29, 0.717) is 36.0 Å². The van der Waals surface area contributed by atoms with Crippen LogP contribution in [0.4, 0.5) is 5.69 Å². The lowest BCUT2D eigenvalue weighted by molar-refractivity contribution is 0.102. The van der Waals surface area contributed by atoms with Crippen molar-refractivity contribution < 1.29 is 22.7 Å². The van der Waals surface area contributed by atoms with Crippen LogP contribution >= 0.6 is 0 Å². The molecule has 7 nitrogen and oxygen atoms in total. The summed E-state index contributed by atoms with van der Waals surface area (Å²) >= 11 is 0. The number of ether oxygens (including phenoxy) is 2. The van der Waals surface area contributed by atoms with E-state index in [0.717, 1.165) is 0 Å². The van der Waals surface area contributed by atoms with Gasteiger partial charge in [0.2, 0.25) is 10.0 Å². The summed E-state index contributed by atoms with van der Waals surface area (Å²) in [7, 11) is -3.85. The van der Waals surface area contributed by atoms with E-state index in [9.17, 15) is 13.2 Å². The second kappa shape index (κ2) is 8.00. The van der Waals surface area contributed by atoms with Gasteiger partial charge >= 0.3 is 0 Å². The minimum atomic E-state index is -3.85. The fourth-order valence-electron chi connectivity index (χ4n) is 2.17. The van der Waals surface area contributed by atoms with Gasteiger partial charge in [0, 0.05) is 11.8 Å². The van der Waals surface area contributed by atoms with E-state index < -0.39 is 15.9 Å². The molecule has 2 aromatic rings. The summed E-state index contributed by atoms with van der Waals surface area (Å²) in [5.41, 5.74) is 0.624. The van der Waals surface area contributed by atoms with Crippen LogP contribution in [0.5, 0.6) is 11.5 Å². The number of carbonyl (C=O) groups is 1. The van der Waals surface area contributed by atoms with E-state index in [1.165, 1.54) is 18.2 Å². The van der Waals surface area contributed by atoms with Crippen molar-refractivity contribution in [1.29, 1.82) is 0 Å². The highest BCUT2D eigenvalue weighted by atomic mass is 32.2. The lowest BCUT2D eigenvalue weighted by atomic mass is 10.1. The highest BCUT2D eigenvalue weighted by molar-refractivity contribution is 7.89. The summed E-state index contributed by atoms with van der Waals surface area (Å²) in [5.74, 6) is 0.547. The Hall–Kier alpha value is -2.58. The summed E-state index contributed by atoms with van der Waals surface area (Å²) in [6.07, 6.45) is 0. The lowest BCUT2D eigenvalue weighted by Crippen LogP contribution is -2.15. The van der Waals surface area contributed by atoms with Gasteiger partial charge in [-0.3, -0.25) is 4.79 Å². The van der Waals surface area contributed by atoms with Gasteiger partial charge in [-0.15, -0.1) is 0 Å². The average molecular weight is 364 g/mol. The molecular weight excluding hydrogens is 344 g/mol. The quantitative estimate of drug-likeness (QED) is 0.784. The molecule has 0 atom stereocenters. The summed E-state index contributed by atoms with van der Waals surface area (Å²) in [5, 5.41) is 7.74. The van der Waals surface area contributed by atoms with Crippen LogP contribution in [0.15, 0.2) is 47.4 Å². The Morgan fingerprint density at radius 2 is 1.80 bits per heavy atom. The molecule has 0 aromatic heterocycles. The third-order valence-electron chi connectivity index (χ3n) is 3.23. The molecule has 0 radical (unpaired) electrons. The largest absolute Gasteiger partial charge is 0.494 e. The van der Waals surface area contributed by atoms with E-state index >= 15 is 0 Å². The van der Waals surface area contributed by atoms with Crippen molar-refractivity contribution in [3.05, 3.63) is 48.0 Å². The maximum Gasteiger partial charge on any atom is 0.259 e. The second-order valence-corrected chi connectivity index (χ2v) is 6.61. The number of amides is 1. The molecule has 134 valence electrons. The maximum atomic E-state index is 12.5. The summed E-state index contributed by atoms with van der Waals surface area (Å²) in [6, 6.07) is 10.6. The Kier molecular flexibility index (Phi) is 6.00. The molecule has 0 aliphatic carbocycles. The molecule has 25 heavy (non-hydrogen) atoms. The molecule has 1 amide bonds. The topological polar surface area (TPSA) is 108 Å². The van der Waals surface area contributed by atoms with Crippen LogP contribution in [0, 0.1) is 0 Å². The monoisotopic (exact) mass is 364 g/mol. The molecular formula is C17H20N2O5S. The molecule has 0 heterocycles. The molecule has 0 saturated heterocycles. The third kappa shape index (κ3) is 4.94. The fourth-order valence-corrected chi connectivity index (χ4v) is 2.73. The number of nitrogens with two attached hydrogens (primary N) is 1. The molecule has 0 fully saturated rings. The number of hydrogen-bond donors (Lipinski definition) is 2. The van der Waals surface area contributed by atoms with Crippen molar-refractivity contribution in [3.63, 3.8) is 0 Å². The first kappa shape index (κ1) is 18.8. The van der Waals surface area contributed by atoms with Crippen LogP contribution < -0.4 is 19.9 Å².